The lowest BCUT2D eigenvalue weighted by Gasteiger charge is -2.35. The minimum absolute atomic E-state index is 0.0942. The molecule has 2 aromatic rings. The van der Waals surface area contributed by atoms with Crippen LogP contribution in [0, 0.1) is 17.3 Å². The molecule has 2 aliphatic carbocycles. The molecule has 2 N–H and O–H groups in total. The lowest BCUT2D eigenvalue weighted by atomic mass is 9.85. The van der Waals surface area contributed by atoms with E-state index < -0.39 is 23.6 Å². The van der Waals surface area contributed by atoms with Crippen LogP contribution in [-0.2, 0) is 9.59 Å². The Labute approximate surface area is 207 Å². The van der Waals surface area contributed by atoms with Gasteiger partial charge in [-0.2, -0.15) is 0 Å². The van der Waals surface area contributed by atoms with Gasteiger partial charge < -0.3 is 15.3 Å². The molecule has 6 atom stereocenters. The summed E-state index contributed by atoms with van der Waals surface area (Å²) >= 11 is 0. The zero-order chi connectivity index (χ0) is 24.9. The zero-order valence-electron chi connectivity index (χ0n) is 21.1. The van der Waals surface area contributed by atoms with Gasteiger partial charge in [0.2, 0.25) is 11.8 Å². The number of benzene rings is 1. The van der Waals surface area contributed by atoms with Crippen LogP contribution < -0.4 is 5.32 Å². The van der Waals surface area contributed by atoms with Crippen molar-refractivity contribution in [2.75, 3.05) is 6.54 Å². The lowest BCUT2D eigenvalue weighted by molar-refractivity contribution is -0.144. The van der Waals surface area contributed by atoms with Crippen LogP contribution >= 0.6 is 0 Å². The highest BCUT2D eigenvalue weighted by Gasteiger charge is 2.47. The van der Waals surface area contributed by atoms with Crippen molar-refractivity contribution in [1.29, 1.82) is 0 Å². The molecule has 3 aliphatic rings. The summed E-state index contributed by atoms with van der Waals surface area (Å²) in [5.41, 5.74) is 1.55. The predicted octanol–water partition coefficient (Wildman–Crippen LogP) is 3.22. The van der Waals surface area contributed by atoms with E-state index in [0.29, 0.717) is 17.8 Å². The van der Waals surface area contributed by atoms with Gasteiger partial charge in [-0.15, -0.1) is 5.10 Å². The Bertz CT molecular complexity index is 1070. The van der Waals surface area contributed by atoms with Crippen molar-refractivity contribution >= 4 is 11.8 Å². The third kappa shape index (κ3) is 4.99. The van der Waals surface area contributed by atoms with Crippen LogP contribution in [0.1, 0.15) is 82.6 Å². The molecule has 3 fully saturated rings. The third-order valence-corrected chi connectivity index (χ3v) is 7.76. The molecule has 5 unspecified atom stereocenters. The van der Waals surface area contributed by atoms with Crippen molar-refractivity contribution in [1.82, 2.24) is 25.2 Å². The number of rotatable bonds is 7. The number of aromatic nitrogens is 3. The van der Waals surface area contributed by atoms with Crippen LogP contribution in [0.15, 0.2) is 36.5 Å². The van der Waals surface area contributed by atoms with E-state index in [4.69, 9.17) is 0 Å². The third-order valence-electron chi connectivity index (χ3n) is 7.76. The first kappa shape index (κ1) is 24.0. The molecule has 1 aromatic heterocycles. The molecule has 2 saturated carbocycles. The Morgan fingerprint density at radius 2 is 1.83 bits per heavy atom. The van der Waals surface area contributed by atoms with Gasteiger partial charge in [-0.25, -0.2) is 4.68 Å². The van der Waals surface area contributed by atoms with Gasteiger partial charge in [0.05, 0.1) is 17.8 Å². The number of hydrogen-bond donors (Lipinski definition) is 2. The Balaban J connectivity index is 1.38. The number of aliphatic hydroxyl groups excluding tert-OH is 1. The van der Waals surface area contributed by atoms with Crippen molar-refractivity contribution in [2.24, 2.45) is 17.3 Å². The van der Waals surface area contributed by atoms with Gasteiger partial charge in [0.25, 0.3) is 0 Å². The van der Waals surface area contributed by atoms with Gasteiger partial charge in [-0.05, 0) is 42.1 Å². The summed E-state index contributed by atoms with van der Waals surface area (Å²) in [6.45, 7) is 8.33. The first-order valence-electron chi connectivity index (χ1n) is 12.9. The second kappa shape index (κ2) is 9.04. The number of aliphatic hydroxyl groups is 1. The minimum atomic E-state index is -0.733. The van der Waals surface area contributed by atoms with E-state index in [2.05, 4.69) is 22.6 Å². The highest BCUT2D eigenvalue weighted by Crippen LogP contribution is 2.47. The van der Waals surface area contributed by atoms with Gasteiger partial charge in [0.15, 0.2) is 0 Å². The molecule has 2 heterocycles. The number of carbonyl (C=O) groups is 2. The topological polar surface area (TPSA) is 100 Å². The van der Waals surface area contributed by atoms with E-state index in [0.717, 1.165) is 30.5 Å². The molecule has 1 aromatic carbocycles. The predicted molar refractivity (Wildman–Crippen MR) is 131 cm³/mol. The van der Waals surface area contributed by atoms with E-state index in [1.807, 2.05) is 57.3 Å². The normalized spacial score (nSPS) is 28.0. The van der Waals surface area contributed by atoms with E-state index in [1.54, 1.807) is 9.58 Å². The first-order chi connectivity index (χ1) is 16.6. The van der Waals surface area contributed by atoms with Crippen LogP contribution in [-0.4, -0.2) is 55.5 Å². The van der Waals surface area contributed by atoms with E-state index >= 15 is 0 Å². The monoisotopic (exact) mass is 479 g/mol. The fraction of sp³-hybridized carbons (Fsp3) is 0.630. The van der Waals surface area contributed by atoms with Gasteiger partial charge in [0.1, 0.15) is 12.1 Å². The van der Waals surface area contributed by atoms with E-state index in [-0.39, 0.29) is 30.8 Å². The smallest absolute Gasteiger partial charge is 0.248 e. The Morgan fingerprint density at radius 3 is 2.43 bits per heavy atom. The summed E-state index contributed by atoms with van der Waals surface area (Å²) in [6.07, 6.45) is 4.67. The van der Waals surface area contributed by atoms with Gasteiger partial charge in [-0.3, -0.25) is 9.59 Å². The number of likely N-dealkylation sites (tertiary alicyclic amines) is 1. The standard InChI is InChI=1S/C27H37N5O3/c1-16-12-20(16)23(18-8-6-5-7-9-18)28-25(34)22-13-19(33)14-31(22)26(35)24(27(2,3)4)32-15-21(29-30-32)17-10-11-17/h5-9,15-17,19-20,22-24,33H,10-14H2,1-4H3,(H,28,34)/t16?,19?,20?,22?,23?,24-/m1/s1. The lowest BCUT2D eigenvalue weighted by Crippen LogP contribution is -2.51. The van der Waals surface area contributed by atoms with E-state index in [9.17, 15) is 14.7 Å². The summed E-state index contributed by atoms with van der Waals surface area (Å²) in [7, 11) is 0. The van der Waals surface area contributed by atoms with E-state index in [1.165, 1.54) is 0 Å². The summed E-state index contributed by atoms with van der Waals surface area (Å²) in [6, 6.07) is 8.60. The maximum absolute atomic E-state index is 13.9. The molecule has 0 radical (unpaired) electrons. The second-order valence-corrected chi connectivity index (χ2v) is 11.8. The molecule has 188 valence electrons. The van der Waals surface area contributed by atoms with Crippen molar-refractivity contribution in [3.05, 3.63) is 47.8 Å². The van der Waals surface area contributed by atoms with Crippen LogP contribution in [0.4, 0.5) is 0 Å². The summed E-state index contributed by atoms with van der Waals surface area (Å²) < 4.78 is 1.66. The molecular weight excluding hydrogens is 442 g/mol. The molecule has 35 heavy (non-hydrogen) atoms. The quantitative estimate of drug-likeness (QED) is 0.635. The molecule has 8 heteroatoms. The maximum Gasteiger partial charge on any atom is 0.248 e. The average molecular weight is 480 g/mol. The number of hydrogen-bond acceptors (Lipinski definition) is 5. The number of carbonyl (C=O) groups excluding carboxylic acids is 2. The van der Waals surface area contributed by atoms with Crippen LogP contribution in [0.5, 0.6) is 0 Å². The minimum Gasteiger partial charge on any atom is -0.391 e. The van der Waals surface area contributed by atoms with Crippen LogP contribution in [0.25, 0.3) is 0 Å². The van der Waals surface area contributed by atoms with Crippen molar-refractivity contribution in [2.45, 2.75) is 83.5 Å². The molecule has 2 amide bonds. The Hall–Kier alpha value is -2.74. The maximum atomic E-state index is 13.9. The highest BCUT2D eigenvalue weighted by molar-refractivity contribution is 5.90. The van der Waals surface area contributed by atoms with Gasteiger partial charge in [-0.1, -0.05) is 63.2 Å². The fourth-order valence-corrected chi connectivity index (χ4v) is 5.49. The number of nitrogens with one attached hydrogen (secondary N) is 1. The largest absolute Gasteiger partial charge is 0.391 e. The van der Waals surface area contributed by atoms with Gasteiger partial charge in [0, 0.05) is 25.1 Å². The van der Waals surface area contributed by atoms with Crippen molar-refractivity contribution in [3.8, 4) is 0 Å². The highest BCUT2D eigenvalue weighted by atomic mass is 16.3. The first-order valence-corrected chi connectivity index (χ1v) is 12.9. The molecule has 1 saturated heterocycles. The Morgan fingerprint density at radius 1 is 1.14 bits per heavy atom. The van der Waals surface area contributed by atoms with Crippen LogP contribution in [0.2, 0.25) is 0 Å². The molecular formula is C27H37N5O3. The summed E-state index contributed by atoms with van der Waals surface area (Å²) in [4.78, 5) is 29.1. The molecule has 1 aliphatic heterocycles. The summed E-state index contributed by atoms with van der Waals surface area (Å²) in [5, 5.41) is 22.4. The molecule has 8 nitrogen and oxygen atoms in total. The fourth-order valence-electron chi connectivity index (χ4n) is 5.49. The second-order valence-electron chi connectivity index (χ2n) is 11.8. The van der Waals surface area contributed by atoms with Crippen LogP contribution in [0.3, 0.4) is 0 Å². The number of amides is 2. The molecule has 5 rings (SSSR count). The summed E-state index contributed by atoms with van der Waals surface area (Å²) in [5.74, 6) is 0.970. The SMILES string of the molecule is CC1CC1C(NC(=O)C1CC(O)CN1C(=O)[C@@H](n1cc(C2CC2)nn1)C(C)(C)C)c1ccccc1. The average Bonchev–Trinajstić information content (AvgIpc) is 3.69. The number of nitrogens with zero attached hydrogens (tertiary/aromatic N) is 4. The van der Waals surface area contributed by atoms with Gasteiger partial charge >= 0.3 is 0 Å². The van der Waals surface area contributed by atoms with Crippen molar-refractivity contribution < 1.29 is 14.7 Å². The Kier molecular flexibility index (Phi) is 6.20. The van der Waals surface area contributed by atoms with Crippen molar-refractivity contribution in [3.63, 3.8) is 0 Å². The molecule has 0 spiro atoms. The number of β-amino-alcohol motifs (C(OH)–C–C–N with tert-alkyl or cyclic N) is 1. The molecule has 0 bridgehead atoms. The zero-order valence-corrected chi connectivity index (χ0v) is 21.1.